The smallest absolute Gasteiger partial charge is 0.241 e. The summed E-state index contributed by atoms with van der Waals surface area (Å²) in [5.41, 5.74) is 0.193. The molecule has 0 aliphatic heterocycles. The summed E-state index contributed by atoms with van der Waals surface area (Å²) in [5, 5.41) is 13.9. The van der Waals surface area contributed by atoms with E-state index in [1.54, 1.807) is 0 Å². The van der Waals surface area contributed by atoms with E-state index in [1.165, 1.54) is 18.2 Å². The van der Waals surface area contributed by atoms with Gasteiger partial charge in [0, 0.05) is 0 Å². The first kappa shape index (κ1) is 10.9. The van der Waals surface area contributed by atoms with Crippen LogP contribution in [-0.4, -0.2) is 14.5 Å². The average Bonchev–Trinajstić information content (AvgIpc) is 3.00. The van der Waals surface area contributed by atoms with Crippen molar-refractivity contribution in [3.63, 3.8) is 0 Å². The van der Waals surface area contributed by atoms with Crippen LogP contribution in [0.2, 0.25) is 0 Å². The first-order valence-electron chi connectivity index (χ1n) is 4.75. The van der Waals surface area contributed by atoms with Gasteiger partial charge in [0.2, 0.25) is 10.0 Å². The zero-order valence-electron chi connectivity index (χ0n) is 8.38. The van der Waals surface area contributed by atoms with Gasteiger partial charge in [0.1, 0.15) is 11.0 Å². The molecule has 0 heterocycles. The second-order valence-corrected chi connectivity index (χ2v) is 5.14. The molecule has 2 N–H and O–H groups in total. The Kier molecular flexibility index (Phi) is 2.58. The summed E-state index contributed by atoms with van der Waals surface area (Å²) in [7, 11) is -3.86. The van der Waals surface area contributed by atoms with Crippen molar-refractivity contribution >= 4 is 10.0 Å². The molecule has 0 spiro atoms. The van der Waals surface area contributed by atoms with Gasteiger partial charge in [0.15, 0.2) is 5.75 Å². The molecule has 0 amide bonds. The third kappa shape index (κ3) is 2.15. The summed E-state index contributed by atoms with van der Waals surface area (Å²) >= 11 is 0. The number of nitrogens with two attached hydrogens (primary N) is 1. The van der Waals surface area contributed by atoms with Crippen molar-refractivity contribution in [3.05, 3.63) is 23.8 Å². The van der Waals surface area contributed by atoms with E-state index in [2.05, 4.69) is 0 Å². The van der Waals surface area contributed by atoms with Gasteiger partial charge in [-0.1, -0.05) is 6.07 Å². The third-order valence-corrected chi connectivity index (χ3v) is 3.15. The van der Waals surface area contributed by atoms with E-state index in [4.69, 9.17) is 15.1 Å². The van der Waals surface area contributed by atoms with Gasteiger partial charge >= 0.3 is 0 Å². The maximum absolute atomic E-state index is 11.3. The zero-order chi connectivity index (χ0) is 11.8. The van der Waals surface area contributed by atoms with Crippen LogP contribution in [0.25, 0.3) is 0 Å². The van der Waals surface area contributed by atoms with Crippen molar-refractivity contribution in [2.45, 2.75) is 23.8 Å². The van der Waals surface area contributed by atoms with Gasteiger partial charge in [-0.2, -0.15) is 5.26 Å². The van der Waals surface area contributed by atoms with E-state index >= 15 is 0 Å². The second kappa shape index (κ2) is 3.77. The normalized spacial score (nSPS) is 15.5. The van der Waals surface area contributed by atoms with Crippen LogP contribution in [0.5, 0.6) is 5.75 Å². The molecule has 0 bridgehead atoms. The van der Waals surface area contributed by atoms with Gasteiger partial charge in [-0.15, -0.1) is 0 Å². The standard InChI is InChI=1S/C10H10N2O3S/c11-6-7-2-1-3-9(16(12,13)14)10(7)15-8-4-5-8/h1-3,8H,4-5H2,(H2,12,13,14). The number of ether oxygens (including phenoxy) is 1. The lowest BCUT2D eigenvalue weighted by molar-refractivity contribution is 0.294. The Bertz CT molecular complexity index is 556. The van der Waals surface area contributed by atoms with Crippen molar-refractivity contribution in [2.24, 2.45) is 5.14 Å². The summed E-state index contributed by atoms with van der Waals surface area (Å²) in [6, 6.07) is 6.21. The van der Waals surface area contributed by atoms with E-state index in [9.17, 15) is 8.42 Å². The van der Waals surface area contributed by atoms with Crippen molar-refractivity contribution in [2.75, 3.05) is 0 Å². The molecule has 0 aromatic heterocycles. The van der Waals surface area contributed by atoms with Gasteiger partial charge < -0.3 is 4.74 Å². The molecule has 1 aliphatic carbocycles. The highest BCUT2D eigenvalue weighted by Crippen LogP contribution is 2.33. The number of sulfonamides is 1. The lowest BCUT2D eigenvalue weighted by Gasteiger charge is -2.10. The Morgan fingerprint density at radius 2 is 2.12 bits per heavy atom. The van der Waals surface area contributed by atoms with Gasteiger partial charge in [-0.25, -0.2) is 13.6 Å². The summed E-state index contributed by atoms with van der Waals surface area (Å²) in [6.07, 6.45) is 1.77. The van der Waals surface area contributed by atoms with Crippen LogP contribution in [0.15, 0.2) is 23.1 Å². The fourth-order valence-corrected chi connectivity index (χ4v) is 1.99. The largest absolute Gasteiger partial charge is 0.488 e. The highest BCUT2D eigenvalue weighted by atomic mass is 32.2. The molecule has 1 aromatic carbocycles. The minimum Gasteiger partial charge on any atom is -0.488 e. The van der Waals surface area contributed by atoms with E-state index in [0.717, 1.165) is 12.8 Å². The van der Waals surface area contributed by atoms with Crippen LogP contribution in [0.3, 0.4) is 0 Å². The fourth-order valence-electron chi connectivity index (χ4n) is 1.30. The van der Waals surface area contributed by atoms with E-state index in [1.807, 2.05) is 6.07 Å². The average molecular weight is 238 g/mol. The Balaban J connectivity index is 2.55. The number of hydrogen-bond acceptors (Lipinski definition) is 4. The van der Waals surface area contributed by atoms with Gasteiger partial charge in [0.05, 0.1) is 11.7 Å². The molecule has 1 aliphatic rings. The molecule has 0 unspecified atom stereocenters. The van der Waals surface area contributed by atoms with E-state index in [0.29, 0.717) is 0 Å². The summed E-state index contributed by atoms with van der Waals surface area (Å²) in [4.78, 5) is -0.126. The Hall–Kier alpha value is -1.58. The molecule has 16 heavy (non-hydrogen) atoms. The van der Waals surface area contributed by atoms with Crippen LogP contribution in [0.1, 0.15) is 18.4 Å². The monoisotopic (exact) mass is 238 g/mol. The Labute approximate surface area is 93.5 Å². The number of nitriles is 1. The van der Waals surface area contributed by atoms with Crippen molar-refractivity contribution < 1.29 is 13.2 Å². The predicted molar refractivity (Wildman–Crippen MR) is 56.2 cm³/mol. The molecular formula is C10H10N2O3S. The van der Waals surface area contributed by atoms with Crippen LogP contribution in [-0.2, 0) is 10.0 Å². The van der Waals surface area contributed by atoms with Gasteiger partial charge in [-0.3, -0.25) is 0 Å². The van der Waals surface area contributed by atoms with Crippen molar-refractivity contribution in [3.8, 4) is 11.8 Å². The van der Waals surface area contributed by atoms with Gasteiger partial charge in [0.25, 0.3) is 0 Å². The topological polar surface area (TPSA) is 93.2 Å². The highest BCUT2D eigenvalue weighted by molar-refractivity contribution is 7.89. The number of primary sulfonamides is 1. The van der Waals surface area contributed by atoms with Crippen molar-refractivity contribution in [1.29, 1.82) is 5.26 Å². The second-order valence-electron chi connectivity index (χ2n) is 3.61. The van der Waals surface area contributed by atoms with Crippen molar-refractivity contribution in [1.82, 2.24) is 0 Å². The predicted octanol–water partition coefficient (Wildman–Crippen LogP) is 0.747. The Morgan fingerprint density at radius 1 is 1.44 bits per heavy atom. The van der Waals surface area contributed by atoms with Crippen LogP contribution in [0, 0.1) is 11.3 Å². The van der Waals surface area contributed by atoms with E-state index in [-0.39, 0.29) is 22.3 Å². The Morgan fingerprint density at radius 3 is 2.62 bits per heavy atom. The molecule has 6 heteroatoms. The summed E-state index contributed by atoms with van der Waals surface area (Å²) in [5.74, 6) is 0.0787. The molecule has 84 valence electrons. The quantitative estimate of drug-likeness (QED) is 0.840. The highest BCUT2D eigenvalue weighted by Gasteiger charge is 2.28. The van der Waals surface area contributed by atoms with Crippen LogP contribution in [0.4, 0.5) is 0 Å². The molecular weight excluding hydrogens is 228 g/mol. The lowest BCUT2D eigenvalue weighted by Crippen LogP contribution is -2.15. The summed E-state index contributed by atoms with van der Waals surface area (Å²) < 4.78 is 28.0. The molecule has 0 radical (unpaired) electrons. The van der Waals surface area contributed by atoms with Gasteiger partial charge in [-0.05, 0) is 25.0 Å². The first-order valence-corrected chi connectivity index (χ1v) is 6.29. The zero-order valence-corrected chi connectivity index (χ0v) is 9.20. The van der Waals surface area contributed by atoms with E-state index < -0.39 is 10.0 Å². The molecule has 1 fully saturated rings. The molecule has 1 aromatic rings. The number of hydrogen-bond donors (Lipinski definition) is 1. The summed E-state index contributed by atoms with van der Waals surface area (Å²) in [6.45, 7) is 0. The first-order chi connectivity index (χ1) is 7.52. The van der Waals surface area contributed by atoms with Crippen LogP contribution < -0.4 is 9.88 Å². The minimum absolute atomic E-state index is 0.00926. The number of nitrogens with zero attached hydrogens (tertiary/aromatic N) is 1. The SMILES string of the molecule is N#Cc1cccc(S(N)(=O)=O)c1OC1CC1. The maximum Gasteiger partial charge on any atom is 0.241 e. The van der Waals surface area contributed by atoms with Crippen LogP contribution >= 0.6 is 0 Å². The number of para-hydroxylation sites is 1. The molecule has 0 atom stereocenters. The lowest BCUT2D eigenvalue weighted by atomic mass is 10.2. The molecule has 5 nitrogen and oxygen atoms in total. The molecule has 1 saturated carbocycles. The third-order valence-electron chi connectivity index (χ3n) is 2.21. The molecule has 0 saturated heterocycles. The fraction of sp³-hybridized carbons (Fsp3) is 0.300. The number of rotatable bonds is 3. The minimum atomic E-state index is -3.86. The maximum atomic E-state index is 11.3. The number of benzene rings is 1. The molecule has 2 rings (SSSR count).